The number of cyclic esters (lactones) is 1. The largest absolute Gasteiger partial charge is 0.496 e. The molecule has 2 N–H and O–H groups in total. The van der Waals surface area contributed by atoms with Crippen LogP contribution in [0, 0.1) is 6.92 Å². The van der Waals surface area contributed by atoms with E-state index in [1.807, 2.05) is 19.9 Å². The van der Waals surface area contributed by atoms with Crippen LogP contribution < -0.4 is 15.2 Å². The first-order valence-electron chi connectivity index (χ1n) is 9.59. The van der Waals surface area contributed by atoms with E-state index in [2.05, 4.69) is 0 Å². The normalized spacial score (nSPS) is 13.1. The van der Waals surface area contributed by atoms with Crippen LogP contribution >= 0.6 is 11.6 Å². The molecule has 0 fully saturated rings. The van der Waals surface area contributed by atoms with Crippen LogP contribution in [0.1, 0.15) is 46.8 Å². The summed E-state index contributed by atoms with van der Waals surface area (Å²) in [5, 5.41) is 0.395. The molecule has 7 heteroatoms. The molecule has 0 saturated heterocycles. The standard InChI is InChI=1S/C23H24ClNO5/c1-13(9-11-19(26)30-18-7-5-4-6-17(18)24)8-10-15-21(25)20-16(12-29-23(20)27)14(2)22(15)28-3/h4-8H,9-12,25H2,1-3H3/b13-8+. The minimum atomic E-state index is -0.405. The van der Waals surface area contributed by atoms with Crippen LogP contribution in [0.2, 0.25) is 5.02 Å². The number of carbonyl (C=O) groups is 2. The first kappa shape index (κ1) is 21.7. The van der Waals surface area contributed by atoms with Gasteiger partial charge in [-0.25, -0.2) is 4.79 Å². The van der Waals surface area contributed by atoms with E-state index in [1.165, 1.54) is 0 Å². The van der Waals surface area contributed by atoms with Crippen molar-refractivity contribution in [2.45, 2.75) is 39.7 Å². The Balaban J connectivity index is 1.69. The van der Waals surface area contributed by atoms with E-state index in [0.29, 0.717) is 40.6 Å². The lowest BCUT2D eigenvalue weighted by Crippen LogP contribution is -2.09. The van der Waals surface area contributed by atoms with Crippen LogP contribution in [-0.2, 0) is 22.6 Å². The van der Waals surface area contributed by atoms with E-state index in [-0.39, 0.29) is 19.0 Å². The summed E-state index contributed by atoms with van der Waals surface area (Å²) >= 11 is 6.01. The number of allylic oxidation sites excluding steroid dienone is 2. The number of esters is 2. The van der Waals surface area contributed by atoms with Gasteiger partial charge in [-0.1, -0.05) is 35.4 Å². The molecule has 30 heavy (non-hydrogen) atoms. The second-order valence-electron chi connectivity index (χ2n) is 7.14. The molecule has 1 heterocycles. The van der Waals surface area contributed by atoms with Gasteiger partial charge in [0.05, 0.1) is 23.4 Å². The van der Waals surface area contributed by atoms with Gasteiger partial charge in [-0.3, -0.25) is 4.79 Å². The number of anilines is 1. The van der Waals surface area contributed by atoms with E-state index in [1.54, 1.807) is 31.4 Å². The number of methoxy groups -OCH3 is 1. The summed E-state index contributed by atoms with van der Waals surface area (Å²) in [6.45, 7) is 4.03. The van der Waals surface area contributed by atoms with Crippen molar-refractivity contribution in [1.29, 1.82) is 0 Å². The Bertz CT molecular complexity index is 1030. The van der Waals surface area contributed by atoms with E-state index in [4.69, 9.17) is 31.5 Å². The zero-order chi connectivity index (χ0) is 21.8. The second kappa shape index (κ2) is 9.22. The van der Waals surface area contributed by atoms with Gasteiger partial charge in [0, 0.05) is 17.5 Å². The SMILES string of the molecule is COc1c(C)c2c(c(N)c1C/C=C(\C)CCC(=O)Oc1ccccc1Cl)C(=O)OC2. The number of hydrogen-bond donors (Lipinski definition) is 1. The van der Waals surface area contributed by atoms with Gasteiger partial charge in [0.15, 0.2) is 0 Å². The monoisotopic (exact) mass is 429 g/mol. The number of nitrogens with two attached hydrogens (primary N) is 1. The Hall–Kier alpha value is -2.99. The van der Waals surface area contributed by atoms with Crippen LogP contribution in [0.25, 0.3) is 0 Å². The lowest BCUT2D eigenvalue weighted by Gasteiger charge is -2.16. The van der Waals surface area contributed by atoms with Gasteiger partial charge in [-0.15, -0.1) is 0 Å². The number of ether oxygens (including phenoxy) is 3. The number of hydrogen-bond acceptors (Lipinski definition) is 6. The molecule has 0 radical (unpaired) electrons. The third-order valence-corrected chi connectivity index (χ3v) is 5.47. The smallest absolute Gasteiger partial charge is 0.341 e. The zero-order valence-corrected chi connectivity index (χ0v) is 18.0. The molecular formula is C23H24ClNO5. The summed E-state index contributed by atoms with van der Waals surface area (Å²) < 4.78 is 16.0. The third kappa shape index (κ3) is 4.44. The predicted octanol–water partition coefficient (Wildman–Crippen LogP) is 4.78. The summed E-state index contributed by atoms with van der Waals surface area (Å²) in [6.07, 6.45) is 3.19. The maximum absolute atomic E-state index is 12.1. The average Bonchev–Trinajstić information content (AvgIpc) is 3.11. The summed E-state index contributed by atoms with van der Waals surface area (Å²) in [4.78, 5) is 24.2. The molecule has 3 rings (SSSR count). The summed E-state index contributed by atoms with van der Waals surface area (Å²) in [5.74, 6) is 0.247. The fraction of sp³-hybridized carbons (Fsp3) is 0.304. The molecule has 0 unspecified atom stereocenters. The van der Waals surface area contributed by atoms with Gasteiger partial charge >= 0.3 is 11.9 Å². The quantitative estimate of drug-likeness (QED) is 0.295. The van der Waals surface area contributed by atoms with Crippen LogP contribution in [0.4, 0.5) is 5.69 Å². The van der Waals surface area contributed by atoms with E-state index < -0.39 is 5.97 Å². The zero-order valence-electron chi connectivity index (χ0n) is 17.2. The van der Waals surface area contributed by atoms with Gasteiger partial charge in [-0.05, 0) is 44.4 Å². The van der Waals surface area contributed by atoms with Crippen molar-refractivity contribution in [2.24, 2.45) is 0 Å². The number of para-hydroxylation sites is 1. The number of rotatable bonds is 7. The maximum Gasteiger partial charge on any atom is 0.341 e. The number of nitrogen functional groups attached to an aromatic ring is 1. The molecule has 2 aromatic rings. The molecule has 2 aromatic carbocycles. The Kier molecular flexibility index (Phi) is 6.67. The molecule has 6 nitrogen and oxygen atoms in total. The highest BCUT2D eigenvalue weighted by molar-refractivity contribution is 6.32. The van der Waals surface area contributed by atoms with Crippen molar-refractivity contribution in [3.05, 3.63) is 63.2 Å². The highest BCUT2D eigenvalue weighted by Gasteiger charge is 2.30. The van der Waals surface area contributed by atoms with Gasteiger partial charge in [0.1, 0.15) is 18.1 Å². The Morgan fingerprint density at radius 1 is 1.30 bits per heavy atom. The van der Waals surface area contributed by atoms with Crippen molar-refractivity contribution in [3.63, 3.8) is 0 Å². The van der Waals surface area contributed by atoms with Crippen molar-refractivity contribution in [2.75, 3.05) is 12.8 Å². The Labute approximate surface area is 180 Å². The van der Waals surface area contributed by atoms with E-state index >= 15 is 0 Å². The fourth-order valence-electron chi connectivity index (χ4n) is 3.47. The summed E-state index contributed by atoms with van der Waals surface area (Å²) in [5.41, 5.74) is 10.5. The molecule has 1 aliphatic heterocycles. The van der Waals surface area contributed by atoms with Crippen LogP contribution in [0.5, 0.6) is 11.5 Å². The van der Waals surface area contributed by atoms with Crippen molar-refractivity contribution in [1.82, 2.24) is 0 Å². The molecule has 0 aliphatic carbocycles. The van der Waals surface area contributed by atoms with Gasteiger partial charge in [0.25, 0.3) is 0 Å². The van der Waals surface area contributed by atoms with Gasteiger partial charge in [0.2, 0.25) is 0 Å². The molecular weight excluding hydrogens is 406 g/mol. The molecule has 0 bridgehead atoms. The minimum Gasteiger partial charge on any atom is -0.496 e. The molecule has 0 amide bonds. The predicted molar refractivity (Wildman–Crippen MR) is 115 cm³/mol. The van der Waals surface area contributed by atoms with E-state index in [9.17, 15) is 9.59 Å². The number of carbonyl (C=O) groups excluding carboxylic acids is 2. The number of halogens is 1. The highest BCUT2D eigenvalue weighted by atomic mass is 35.5. The number of fused-ring (bicyclic) bond motifs is 1. The summed E-state index contributed by atoms with van der Waals surface area (Å²) in [6, 6.07) is 6.85. The average molecular weight is 430 g/mol. The Morgan fingerprint density at radius 3 is 2.73 bits per heavy atom. The lowest BCUT2D eigenvalue weighted by molar-refractivity contribution is -0.134. The van der Waals surface area contributed by atoms with Crippen LogP contribution in [0.3, 0.4) is 0 Å². The third-order valence-electron chi connectivity index (χ3n) is 5.16. The van der Waals surface area contributed by atoms with Crippen molar-refractivity contribution >= 4 is 29.2 Å². The van der Waals surface area contributed by atoms with Gasteiger partial charge in [-0.2, -0.15) is 0 Å². The van der Waals surface area contributed by atoms with E-state index in [0.717, 1.165) is 22.3 Å². The van der Waals surface area contributed by atoms with Crippen LogP contribution in [-0.4, -0.2) is 19.0 Å². The minimum absolute atomic E-state index is 0.212. The van der Waals surface area contributed by atoms with Gasteiger partial charge < -0.3 is 19.9 Å². The first-order valence-corrected chi connectivity index (χ1v) is 9.97. The summed E-state index contributed by atoms with van der Waals surface area (Å²) in [7, 11) is 1.58. The molecule has 0 aromatic heterocycles. The molecule has 158 valence electrons. The molecule has 0 saturated carbocycles. The Morgan fingerprint density at radius 2 is 2.03 bits per heavy atom. The molecule has 0 spiro atoms. The van der Waals surface area contributed by atoms with Crippen LogP contribution in [0.15, 0.2) is 35.9 Å². The lowest BCUT2D eigenvalue weighted by atomic mass is 9.94. The molecule has 0 atom stereocenters. The molecule has 1 aliphatic rings. The number of benzene rings is 2. The highest BCUT2D eigenvalue weighted by Crippen LogP contribution is 2.39. The fourth-order valence-corrected chi connectivity index (χ4v) is 3.64. The first-order chi connectivity index (χ1) is 14.3. The topological polar surface area (TPSA) is 87.9 Å². The second-order valence-corrected chi connectivity index (χ2v) is 7.55. The maximum atomic E-state index is 12.1. The van der Waals surface area contributed by atoms with Crippen molar-refractivity contribution in [3.8, 4) is 11.5 Å². The van der Waals surface area contributed by atoms with Crippen molar-refractivity contribution < 1.29 is 23.8 Å².